The third-order valence-corrected chi connectivity index (χ3v) is 4.08. The standard InChI is InChI=1S/C22H24O5/c1-4-8-18(17-9-6-5-7-10-17)22(24)27-19-13-11-16(15-20(19)25-2)12-14-21(23)26-3/h5-7,9-15,18H,4,8H2,1-3H3/b14-12-. The van der Waals surface area contributed by atoms with Gasteiger partial charge in [0.05, 0.1) is 20.1 Å². The minimum Gasteiger partial charge on any atom is -0.493 e. The molecule has 2 aromatic rings. The van der Waals surface area contributed by atoms with Gasteiger partial charge in [0.15, 0.2) is 11.5 Å². The lowest BCUT2D eigenvalue weighted by atomic mass is 9.95. The Labute approximate surface area is 159 Å². The molecule has 1 atom stereocenters. The Hall–Kier alpha value is -3.08. The molecular weight excluding hydrogens is 344 g/mol. The van der Waals surface area contributed by atoms with E-state index in [4.69, 9.17) is 9.47 Å². The molecule has 0 aliphatic rings. The molecule has 0 N–H and O–H groups in total. The van der Waals surface area contributed by atoms with E-state index in [1.165, 1.54) is 20.3 Å². The smallest absolute Gasteiger partial charge is 0.330 e. The van der Waals surface area contributed by atoms with Gasteiger partial charge in [0.25, 0.3) is 0 Å². The summed E-state index contributed by atoms with van der Waals surface area (Å²) in [5, 5.41) is 0. The largest absolute Gasteiger partial charge is 0.493 e. The van der Waals surface area contributed by atoms with Crippen LogP contribution >= 0.6 is 0 Å². The number of esters is 2. The van der Waals surface area contributed by atoms with Crippen molar-refractivity contribution in [2.45, 2.75) is 25.7 Å². The molecule has 0 saturated carbocycles. The summed E-state index contributed by atoms with van der Waals surface area (Å²) in [7, 11) is 2.82. The molecule has 2 aromatic carbocycles. The highest BCUT2D eigenvalue weighted by molar-refractivity contribution is 5.87. The van der Waals surface area contributed by atoms with Gasteiger partial charge in [-0.15, -0.1) is 0 Å². The molecule has 0 spiro atoms. The normalized spacial score (nSPS) is 11.8. The molecule has 5 nitrogen and oxygen atoms in total. The van der Waals surface area contributed by atoms with Crippen LogP contribution in [0.5, 0.6) is 11.5 Å². The Morgan fingerprint density at radius 2 is 1.78 bits per heavy atom. The van der Waals surface area contributed by atoms with Gasteiger partial charge in [0, 0.05) is 6.08 Å². The van der Waals surface area contributed by atoms with Gasteiger partial charge in [-0.2, -0.15) is 0 Å². The average Bonchev–Trinajstić information content (AvgIpc) is 2.71. The monoisotopic (exact) mass is 368 g/mol. The summed E-state index contributed by atoms with van der Waals surface area (Å²) >= 11 is 0. The predicted octanol–water partition coefficient (Wildman–Crippen LogP) is 4.37. The Bertz CT molecular complexity index is 796. The van der Waals surface area contributed by atoms with E-state index in [-0.39, 0.29) is 11.9 Å². The van der Waals surface area contributed by atoms with Crippen LogP contribution in [0.3, 0.4) is 0 Å². The number of hydrogen-bond donors (Lipinski definition) is 0. The van der Waals surface area contributed by atoms with Crippen LogP contribution in [0.15, 0.2) is 54.6 Å². The van der Waals surface area contributed by atoms with Gasteiger partial charge < -0.3 is 14.2 Å². The van der Waals surface area contributed by atoms with Crippen LogP contribution in [0.1, 0.15) is 36.8 Å². The lowest BCUT2D eigenvalue weighted by molar-refractivity contribution is -0.136. The molecule has 142 valence electrons. The van der Waals surface area contributed by atoms with Crippen LogP contribution in [0, 0.1) is 0 Å². The fourth-order valence-corrected chi connectivity index (χ4v) is 2.68. The van der Waals surface area contributed by atoms with E-state index in [0.29, 0.717) is 17.9 Å². The summed E-state index contributed by atoms with van der Waals surface area (Å²) in [5.74, 6) is -0.345. The van der Waals surface area contributed by atoms with Crippen LogP contribution < -0.4 is 9.47 Å². The Morgan fingerprint density at radius 3 is 2.41 bits per heavy atom. The van der Waals surface area contributed by atoms with Crippen LogP contribution in [-0.4, -0.2) is 26.2 Å². The van der Waals surface area contributed by atoms with Gasteiger partial charge in [-0.25, -0.2) is 4.79 Å². The average molecular weight is 368 g/mol. The molecule has 5 heteroatoms. The SMILES string of the molecule is CCCC(C(=O)Oc1ccc(/C=C\C(=O)OC)cc1OC)c1ccccc1. The molecule has 0 radical (unpaired) electrons. The van der Waals surface area contributed by atoms with Gasteiger partial charge in [-0.3, -0.25) is 4.79 Å². The lowest BCUT2D eigenvalue weighted by Gasteiger charge is -2.17. The molecule has 2 rings (SSSR count). The summed E-state index contributed by atoms with van der Waals surface area (Å²) in [6.07, 6.45) is 4.48. The number of ether oxygens (including phenoxy) is 3. The molecule has 27 heavy (non-hydrogen) atoms. The lowest BCUT2D eigenvalue weighted by Crippen LogP contribution is -2.19. The summed E-state index contributed by atoms with van der Waals surface area (Å²) in [6, 6.07) is 14.7. The molecule has 0 fully saturated rings. The van der Waals surface area contributed by atoms with Crippen molar-refractivity contribution in [3.05, 3.63) is 65.7 Å². The van der Waals surface area contributed by atoms with Gasteiger partial charge in [-0.05, 0) is 35.8 Å². The number of rotatable bonds is 8. The number of hydrogen-bond acceptors (Lipinski definition) is 5. The maximum atomic E-state index is 12.8. The predicted molar refractivity (Wildman–Crippen MR) is 104 cm³/mol. The van der Waals surface area contributed by atoms with Gasteiger partial charge >= 0.3 is 11.9 Å². The van der Waals surface area contributed by atoms with Crippen LogP contribution in [0.25, 0.3) is 6.08 Å². The fourth-order valence-electron chi connectivity index (χ4n) is 2.68. The van der Waals surface area contributed by atoms with Gasteiger partial charge in [0.1, 0.15) is 0 Å². The van der Waals surface area contributed by atoms with Crippen LogP contribution in [-0.2, 0) is 14.3 Å². The van der Waals surface area contributed by atoms with E-state index in [1.807, 2.05) is 37.3 Å². The van der Waals surface area contributed by atoms with Gasteiger partial charge in [0.2, 0.25) is 0 Å². The molecule has 0 heterocycles. The molecule has 0 bridgehead atoms. The van der Waals surface area contributed by atoms with Crippen molar-refractivity contribution in [1.29, 1.82) is 0 Å². The maximum absolute atomic E-state index is 12.8. The maximum Gasteiger partial charge on any atom is 0.330 e. The number of carbonyl (C=O) groups is 2. The first-order valence-electron chi connectivity index (χ1n) is 8.79. The molecule has 1 unspecified atom stereocenters. The molecular formula is C22H24O5. The molecule has 0 saturated heterocycles. The number of carbonyl (C=O) groups excluding carboxylic acids is 2. The quantitative estimate of drug-likeness (QED) is 0.393. The van der Waals surface area contributed by atoms with Crippen molar-refractivity contribution in [3.63, 3.8) is 0 Å². The van der Waals surface area contributed by atoms with E-state index in [0.717, 1.165) is 17.5 Å². The molecule has 0 amide bonds. The van der Waals surface area contributed by atoms with Crippen LogP contribution in [0.4, 0.5) is 0 Å². The highest BCUT2D eigenvalue weighted by Gasteiger charge is 2.23. The molecule has 0 aliphatic heterocycles. The van der Waals surface area contributed by atoms with Crippen molar-refractivity contribution in [2.24, 2.45) is 0 Å². The summed E-state index contributed by atoms with van der Waals surface area (Å²) in [5.41, 5.74) is 1.66. The topological polar surface area (TPSA) is 61.8 Å². The second-order valence-electron chi connectivity index (χ2n) is 5.94. The zero-order chi connectivity index (χ0) is 19.6. The second-order valence-corrected chi connectivity index (χ2v) is 5.94. The Balaban J connectivity index is 2.20. The zero-order valence-corrected chi connectivity index (χ0v) is 15.8. The van der Waals surface area contributed by atoms with E-state index in [1.54, 1.807) is 24.3 Å². The Morgan fingerprint density at radius 1 is 1.04 bits per heavy atom. The van der Waals surface area contributed by atoms with E-state index in [9.17, 15) is 9.59 Å². The molecule has 0 aliphatic carbocycles. The van der Waals surface area contributed by atoms with E-state index >= 15 is 0 Å². The minimum atomic E-state index is -0.449. The zero-order valence-electron chi connectivity index (χ0n) is 15.8. The van der Waals surface area contributed by atoms with Crippen molar-refractivity contribution < 1.29 is 23.8 Å². The highest BCUT2D eigenvalue weighted by Crippen LogP contribution is 2.31. The first-order chi connectivity index (χ1) is 13.1. The third kappa shape index (κ3) is 5.71. The van der Waals surface area contributed by atoms with Crippen LogP contribution in [0.2, 0.25) is 0 Å². The van der Waals surface area contributed by atoms with E-state index in [2.05, 4.69) is 4.74 Å². The number of benzene rings is 2. The second kappa shape index (κ2) is 10.2. The first kappa shape index (κ1) is 20.2. The van der Waals surface area contributed by atoms with E-state index < -0.39 is 5.97 Å². The van der Waals surface area contributed by atoms with Crippen molar-refractivity contribution in [1.82, 2.24) is 0 Å². The third-order valence-electron chi connectivity index (χ3n) is 4.08. The van der Waals surface area contributed by atoms with Gasteiger partial charge in [-0.1, -0.05) is 49.7 Å². The Kier molecular flexibility index (Phi) is 7.62. The highest BCUT2D eigenvalue weighted by atomic mass is 16.6. The summed E-state index contributed by atoms with van der Waals surface area (Å²) in [6.45, 7) is 2.03. The van der Waals surface area contributed by atoms with Crippen molar-refractivity contribution in [3.8, 4) is 11.5 Å². The molecule has 0 aromatic heterocycles. The summed E-state index contributed by atoms with van der Waals surface area (Å²) < 4.78 is 15.5. The summed E-state index contributed by atoms with van der Waals surface area (Å²) in [4.78, 5) is 24.0. The first-order valence-corrected chi connectivity index (χ1v) is 8.79. The fraction of sp³-hybridized carbons (Fsp3) is 0.273. The number of methoxy groups -OCH3 is 2. The van der Waals surface area contributed by atoms with Crippen molar-refractivity contribution in [2.75, 3.05) is 14.2 Å². The van der Waals surface area contributed by atoms with Crippen molar-refractivity contribution >= 4 is 18.0 Å². The minimum absolute atomic E-state index is 0.320.